The van der Waals surface area contributed by atoms with Crippen LogP contribution in [0.1, 0.15) is 56.5 Å². The molecule has 4 rings (SSSR count). The lowest BCUT2D eigenvalue weighted by atomic mass is 9.96. The molecule has 0 amide bonds. The van der Waals surface area contributed by atoms with Gasteiger partial charge >= 0.3 is 0 Å². The van der Waals surface area contributed by atoms with Crippen LogP contribution in [0.4, 0.5) is 0 Å². The molecular formula is C19H29N9. The SMILES string of the molecule is CCCn1ccnc1CN1CCC(c2nnc(Cn3cncn3)n2CC)CC1. The summed E-state index contributed by atoms with van der Waals surface area (Å²) in [7, 11) is 0. The molecular weight excluding hydrogens is 354 g/mol. The molecule has 0 N–H and O–H groups in total. The van der Waals surface area contributed by atoms with Crippen molar-refractivity contribution in [2.75, 3.05) is 13.1 Å². The molecule has 0 unspecified atom stereocenters. The zero-order chi connectivity index (χ0) is 19.3. The van der Waals surface area contributed by atoms with Gasteiger partial charge in [-0.1, -0.05) is 6.92 Å². The minimum absolute atomic E-state index is 0.462. The zero-order valence-corrected chi connectivity index (χ0v) is 16.8. The third kappa shape index (κ3) is 3.99. The first kappa shape index (κ1) is 18.8. The molecule has 3 aromatic heterocycles. The Kier molecular flexibility index (Phi) is 5.80. The highest BCUT2D eigenvalue weighted by Crippen LogP contribution is 2.28. The van der Waals surface area contributed by atoms with E-state index in [4.69, 9.17) is 0 Å². The first-order chi connectivity index (χ1) is 13.8. The Balaban J connectivity index is 1.38. The third-order valence-electron chi connectivity index (χ3n) is 5.53. The molecule has 1 aliphatic rings. The molecule has 0 saturated carbocycles. The Labute approximate surface area is 165 Å². The van der Waals surface area contributed by atoms with Crippen LogP contribution in [0, 0.1) is 0 Å². The fourth-order valence-electron chi connectivity index (χ4n) is 4.06. The number of rotatable bonds is 8. The van der Waals surface area contributed by atoms with Crippen LogP contribution in [0.2, 0.25) is 0 Å². The molecule has 28 heavy (non-hydrogen) atoms. The topological polar surface area (TPSA) is 82.5 Å². The molecule has 3 aromatic rings. The summed E-state index contributed by atoms with van der Waals surface area (Å²) >= 11 is 0. The quantitative estimate of drug-likeness (QED) is 0.591. The van der Waals surface area contributed by atoms with E-state index < -0.39 is 0 Å². The third-order valence-corrected chi connectivity index (χ3v) is 5.53. The lowest BCUT2D eigenvalue weighted by Gasteiger charge is -2.31. The molecule has 0 bridgehead atoms. The summed E-state index contributed by atoms with van der Waals surface area (Å²) in [6, 6.07) is 0. The number of aryl methyl sites for hydroxylation is 1. The largest absolute Gasteiger partial charge is 0.334 e. The number of imidazole rings is 1. The Morgan fingerprint density at radius 1 is 1.07 bits per heavy atom. The number of piperidine rings is 1. The fourth-order valence-corrected chi connectivity index (χ4v) is 4.06. The van der Waals surface area contributed by atoms with Gasteiger partial charge in [-0.05, 0) is 39.3 Å². The number of likely N-dealkylation sites (tertiary alicyclic amines) is 1. The van der Waals surface area contributed by atoms with Crippen LogP contribution < -0.4 is 0 Å². The molecule has 1 saturated heterocycles. The summed E-state index contributed by atoms with van der Waals surface area (Å²) in [4.78, 5) is 11.1. The number of nitrogens with zero attached hydrogens (tertiary/aromatic N) is 9. The van der Waals surface area contributed by atoms with Crippen molar-refractivity contribution in [3.8, 4) is 0 Å². The maximum Gasteiger partial charge on any atom is 0.154 e. The van der Waals surface area contributed by atoms with Crippen molar-refractivity contribution in [3.05, 3.63) is 42.5 Å². The first-order valence-corrected chi connectivity index (χ1v) is 10.2. The molecule has 150 valence electrons. The Morgan fingerprint density at radius 3 is 2.64 bits per heavy atom. The number of hydrogen-bond donors (Lipinski definition) is 0. The molecule has 0 aromatic carbocycles. The lowest BCUT2D eigenvalue weighted by Crippen LogP contribution is -2.34. The zero-order valence-electron chi connectivity index (χ0n) is 16.8. The maximum absolute atomic E-state index is 4.55. The van der Waals surface area contributed by atoms with Gasteiger partial charge in [0, 0.05) is 31.4 Å². The average molecular weight is 384 g/mol. The van der Waals surface area contributed by atoms with Gasteiger partial charge in [-0.25, -0.2) is 14.6 Å². The smallest absolute Gasteiger partial charge is 0.154 e. The molecule has 0 aliphatic carbocycles. The molecule has 0 spiro atoms. The summed E-state index contributed by atoms with van der Waals surface area (Å²) in [5.41, 5.74) is 0. The average Bonchev–Trinajstić information content (AvgIpc) is 3.45. The highest BCUT2D eigenvalue weighted by atomic mass is 15.4. The van der Waals surface area contributed by atoms with Gasteiger partial charge in [-0.15, -0.1) is 10.2 Å². The molecule has 4 heterocycles. The van der Waals surface area contributed by atoms with Gasteiger partial charge in [-0.2, -0.15) is 5.10 Å². The maximum atomic E-state index is 4.55. The monoisotopic (exact) mass is 383 g/mol. The van der Waals surface area contributed by atoms with Gasteiger partial charge in [0.1, 0.15) is 30.8 Å². The molecule has 1 fully saturated rings. The van der Waals surface area contributed by atoms with Gasteiger partial charge in [0.2, 0.25) is 0 Å². The Morgan fingerprint density at radius 2 is 1.93 bits per heavy atom. The molecule has 0 atom stereocenters. The summed E-state index contributed by atoms with van der Waals surface area (Å²) < 4.78 is 6.31. The van der Waals surface area contributed by atoms with Crippen molar-refractivity contribution in [3.63, 3.8) is 0 Å². The first-order valence-electron chi connectivity index (χ1n) is 10.2. The minimum atomic E-state index is 0.462. The van der Waals surface area contributed by atoms with Crippen LogP contribution >= 0.6 is 0 Å². The van der Waals surface area contributed by atoms with Crippen molar-refractivity contribution < 1.29 is 0 Å². The van der Waals surface area contributed by atoms with Crippen LogP contribution in [0.5, 0.6) is 0 Å². The van der Waals surface area contributed by atoms with E-state index in [-0.39, 0.29) is 0 Å². The van der Waals surface area contributed by atoms with E-state index in [0.29, 0.717) is 12.5 Å². The predicted molar refractivity (Wildman–Crippen MR) is 105 cm³/mol. The summed E-state index contributed by atoms with van der Waals surface area (Å²) in [5.74, 6) is 3.70. The normalized spacial score (nSPS) is 16.1. The van der Waals surface area contributed by atoms with E-state index in [9.17, 15) is 0 Å². The summed E-state index contributed by atoms with van der Waals surface area (Å²) in [6.45, 7) is 9.95. The second-order valence-corrected chi connectivity index (χ2v) is 7.40. The summed E-state index contributed by atoms with van der Waals surface area (Å²) in [5, 5.41) is 13.2. The van der Waals surface area contributed by atoms with Crippen LogP contribution in [-0.2, 0) is 26.2 Å². The van der Waals surface area contributed by atoms with Crippen molar-refractivity contribution in [1.82, 2.24) is 44.0 Å². The van der Waals surface area contributed by atoms with Gasteiger partial charge in [-0.3, -0.25) is 4.90 Å². The van der Waals surface area contributed by atoms with E-state index in [2.05, 4.69) is 59.3 Å². The predicted octanol–water partition coefficient (Wildman–Crippen LogP) is 1.92. The van der Waals surface area contributed by atoms with Gasteiger partial charge in [0.15, 0.2) is 5.82 Å². The summed E-state index contributed by atoms with van der Waals surface area (Å²) in [6.07, 6.45) is 10.6. The van der Waals surface area contributed by atoms with Crippen LogP contribution in [0.15, 0.2) is 25.0 Å². The van der Waals surface area contributed by atoms with Crippen molar-refractivity contribution in [1.29, 1.82) is 0 Å². The van der Waals surface area contributed by atoms with Crippen molar-refractivity contribution >= 4 is 0 Å². The van der Waals surface area contributed by atoms with E-state index in [0.717, 1.165) is 63.6 Å². The minimum Gasteiger partial charge on any atom is -0.334 e. The molecule has 1 aliphatic heterocycles. The number of hydrogen-bond acceptors (Lipinski definition) is 6. The van der Waals surface area contributed by atoms with E-state index in [1.807, 2.05) is 6.20 Å². The van der Waals surface area contributed by atoms with Crippen LogP contribution in [-0.4, -0.2) is 57.1 Å². The molecule has 9 heteroatoms. The Bertz CT molecular complexity index is 856. The highest BCUT2D eigenvalue weighted by molar-refractivity contribution is 5.05. The molecule has 9 nitrogen and oxygen atoms in total. The van der Waals surface area contributed by atoms with Gasteiger partial charge in [0.25, 0.3) is 0 Å². The van der Waals surface area contributed by atoms with E-state index in [1.165, 1.54) is 5.82 Å². The van der Waals surface area contributed by atoms with E-state index >= 15 is 0 Å². The Hall–Kier alpha value is -2.55. The lowest BCUT2D eigenvalue weighted by molar-refractivity contribution is 0.193. The second-order valence-electron chi connectivity index (χ2n) is 7.40. The standard InChI is InChI=1S/C19H29N9/c1-3-8-26-11-7-21-17(26)12-25-9-5-16(6-10-25)19-24-23-18(28(19)4-2)13-27-15-20-14-22-27/h7,11,14-16H,3-6,8-10,12-13H2,1-2H3. The van der Waals surface area contributed by atoms with Gasteiger partial charge < -0.3 is 9.13 Å². The van der Waals surface area contributed by atoms with E-state index in [1.54, 1.807) is 17.3 Å². The fraction of sp³-hybridized carbons (Fsp3) is 0.632. The second kappa shape index (κ2) is 8.64. The van der Waals surface area contributed by atoms with Crippen molar-refractivity contribution in [2.24, 2.45) is 0 Å². The number of aromatic nitrogens is 8. The van der Waals surface area contributed by atoms with Crippen molar-refractivity contribution in [2.45, 2.75) is 65.2 Å². The van der Waals surface area contributed by atoms with Gasteiger partial charge in [0.05, 0.1) is 6.54 Å². The van der Waals surface area contributed by atoms with Crippen LogP contribution in [0.25, 0.3) is 0 Å². The highest BCUT2D eigenvalue weighted by Gasteiger charge is 2.26. The van der Waals surface area contributed by atoms with Crippen LogP contribution in [0.3, 0.4) is 0 Å². The molecule has 0 radical (unpaired) electrons.